The molecule has 2 aromatic carbocycles. The van der Waals surface area contributed by atoms with Gasteiger partial charge in [-0.3, -0.25) is 0 Å². The molecule has 0 bridgehead atoms. The Labute approximate surface area is 125 Å². The third kappa shape index (κ3) is 3.94. The highest BCUT2D eigenvalue weighted by molar-refractivity contribution is 9.10. The molecule has 0 aromatic heterocycles. The number of hydrogen-bond acceptors (Lipinski definition) is 2. The maximum atomic E-state index is 9.07. The first-order valence-electron chi connectivity index (χ1n) is 5.60. The number of halogens is 2. The molecule has 4 heteroatoms. The van der Waals surface area contributed by atoms with Crippen LogP contribution in [0.5, 0.6) is 0 Å². The molecular formula is C15H11BrClNO. The zero-order valence-corrected chi connectivity index (χ0v) is 12.3. The van der Waals surface area contributed by atoms with Gasteiger partial charge in [0.1, 0.15) is 5.71 Å². The molecule has 0 heterocycles. The third-order valence-corrected chi connectivity index (χ3v) is 3.33. The summed E-state index contributed by atoms with van der Waals surface area (Å²) in [6.45, 7) is 0. The van der Waals surface area contributed by atoms with Gasteiger partial charge in [-0.25, -0.2) is 0 Å². The fourth-order valence-corrected chi connectivity index (χ4v) is 1.95. The van der Waals surface area contributed by atoms with Crippen molar-refractivity contribution in [2.24, 2.45) is 5.16 Å². The van der Waals surface area contributed by atoms with Crippen molar-refractivity contribution in [1.82, 2.24) is 0 Å². The Morgan fingerprint density at radius 3 is 2.26 bits per heavy atom. The van der Waals surface area contributed by atoms with Gasteiger partial charge in [-0.1, -0.05) is 63.0 Å². The quantitative estimate of drug-likeness (QED) is 0.478. The molecule has 0 saturated heterocycles. The highest BCUT2D eigenvalue weighted by Crippen LogP contribution is 2.14. The molecule has 1 N–H and O–H groups in total. The second kappa shape index (κ2) is 6.55. The van der Waals surface area contributed by atoms with Gasteiger partial charge in [0.2, 0.25) is 0 Å². The molecule has 0 aliphatic carbocycles. The first-order chi connectivity index (χ1) is 9.19. The molecule has 0 unspecified atom stereocenters. The Morgan fingerprint density at radius 1 is 1.05 bits per heavy atom. The van der Waals surface area contributed by atoms with Gasteiger partial charge in [-0.05, 0) is 35.9 Å². The maximum absolute atomic E-state index is 9.07. The first kappa shape index (κ1) is 13.8. The predicted octanol–water partition coefficient (Wildman–Crippen LogP) is 4.99. The lowest BCUT2D eigenvalue weighted by atomic mass is 10.1. The van der Waals surface area contributed by atoms with E-state index in [0.717, 1.165) is 15.6 Å². The van der Waals surface area contributed by atoms with Crippen molar-refractivity contribution in [3.8, 4) is 0 Å². The van der Waals surface area contributed by atoms with Crippen LogP contribution in [-0.4, -0.2) is 10.9 Å². The van der Waals surface area contributed by atoms with Crippen molar-refractivity contribution in [3.63, 3.8) is 0 Å². The van der Waals surface area contributed by atoms with Crippen molar-refractivity contribution in [2.45, 2.75) is 0 Å². The van der Waals surface area contributed by atoms with Crippen LogP contribution < -0.4 is 0 Å². The van der Waals surface area contributed by atoms with Gasteiger partial charge in [0.05, 0.1) is 0 Å². The zero-order chi connectivity index (χ0) is 13.7. The minimum absolute atomic E-state index is 0.486. The minimum Gasteiger partial charge on any atom is -0.410 e. The van der Waals surface area contributed by atoms with Crippen LogP contribution in [0.3, 0.4) is 0 Å². The van der Waals surface area contributed by atoms with E-state index in [0.29, 0.717) is 10.7 Å². The van der Waals surface area contributed by atoms with Crippen molar-refractivity contribution in [1.29, 1.82) is 0 Å². The summed E-state index contributed by atoms with van der Waals surface area (Å²) in [6, 6.07) is 15.0. The molecule has 2 rings (SSSR count). The van der Waals surface area contributed by atoms with Gasteiger partial charge in [0, 0.05) is 15.1 Å². The largest absolute Gasteiger partial charge is 0.410 e. The van der Waals surface area contributed by atoms with Crippen molar-refractivity contribution in [3.05, 3.63) is 75.2 Å². The van der Waals surface area contributed by atoms with E-state index in [1.54, 1.807) is 18.2 Å². The summed E-state index contributed by atoms with van der Waals surface area (Å²) in [4.78, 5) is 0. The number of oxime groups is 1. The summed E-state index contributed by atoms with van der Waals surface area (Å²) in [6.07, 6.45) is 3.64. The monoisotopic (exact) mass is 335 g/mol. The summed E-state index contributed by atoms with van der Waals surface area (Å²) < 4.78 is 1.03. The Bertz CT molecular complexity index is 603. The van der Waals surface area contributed by atoms with E-state index in [1.807, 2.05) is 42.5 Å². The van der Waals surface area contributed by atoms with Crippen molar-refractivity contribution in [2.75, 3.05) is 0 Å². The fourth-order valence-electron chi connectivity index (χ4n) is 1.56. The molecule has 0 aliphatic rings. The molecular weight excluding hydrogens is 326 g/mol. The van der Waals surface area contributed by atoms with Gasteiger partial charge < -0.3 is 5.21 Å². The molecule has 0 aliphatic heterocycles. The summed E-state index contributed by atoms with van der Waals surface area (Å²) in [5, 5.41) is 13.0. The standard InChI is InChI=1S/C15H11BrClNO/c16-13-6-1-11(2-7-13)3-10-15(18-19)12-4-8-14(17)9-5-12/h1-10,19H/b10-3+,18-15-. The predicted molar refractivity (Wildman–Crippen MR) is 83.0 cm³/mol. The van der Waals surface area contributed by atoms with E-state index in [2.05, 4.69) is 21.1 Å². The van der Waals surface area contributed by atoms with E-state index in [4.69, 9.17) is 16.8 Å². The van der Waals surface area contributed by atoms with Gasteiger partial charge in [0.15, 0.2) is 0 Å². The molecule has 0 fully saturated rings. The molecule has 96 valence electrons. The number of benzene rings is 2. The maximum Gasteiger partial charge on any atom is 0.109 e. The van der Waals surface area contributed by atoms with Crippen LogP contribution in [0.15, 0.2) is 64.2 Å². The molecule has 0 amide bonds. The van der Waals surface area contributed by atoms with E-state index in [1.165, 1.54) is 0 Å². The van der Waals surface area contributed by atoms with E-state index in [-0.39, 0.29) is 0 Å². The number of hydrogen-bond donors (Lipinski definition) is 1. The van der Waals surface area contributed by atoms with E-state index in [9.17, 15) is 0 Å². The van der Waals surface area contributed by atoms with Crippen LogP contribution >= 0.6 is 27.5 Å². The van der Waals surface area contributed by atoms with Crippen molar-refractivity contribution >= 4 is 39.3 Å². The van der Waals surface area contributed by atoms with Gasteiger partial charge in [0.25, 0.3) is 0 Å². The molecule has 2 nitrogen and oxygen atoms in total. The van der Waals surface area contributed by atoms with E-state index < -0.39 is 0 Å². The molecule has 0 saturated carbocycles. The van der Waals surface area contributed by atoms with Gasteiger partial charge in [-0.15, -0.1) is 0 Å². The summed E-state index contributed by atoms with van der Waals surface area (Å²) in [7, 11) is 0. The highest BCUT2D eigenvalue weighted by atomic mass is 79.9. The second-order valence-corrected chi connectivity index (χ2v) is 5.23. The topological polar surface area (TPSA) is 32.6 Å². The molecule has 0 radical (unpaired) electrons. The zero-order valence-electron chi connectivity index (χ0n) is 9.92. The second-order valence-electron chi connectivity index (χ2n) is 3.88. The fraction of sp³-hybridized carbons (Fsp3) is 0. The van der Waals surface area contributed by atoms with Gasteiger partial charge in [-0.2, -0.15) is 0 Å². The lowest BCUT2D eigenvalue weighted by molar-refractivity contribution is 0.320. The summed E-state index contributed by atoms with van der Waals surface area (Å²) >= 11 is 9.20. The number of rotatable bonds is 3. The number of nitrogens with zero attached hydrogens (tertiary/aromatic N) is 1. The lowest BCUT2D eigenvalue weighted by Crippen LogP contribution is -1.95. The third-order valence-electron chi connectivity index (χ3n) is 2.55. The highest BCUT2D eigenvalue weighted by Gasteiger charge is 2.00. The average molecular weight is 337 g/mol. The van der Waals surface area contributed by atoms with Gasteiger partial charge >= 0.3 is 0 Å². The molecule has 2 aromatic rings. The van der Waals surface area contributed by atoms with Crippen LogP contribution in [0, 0.1) is 0 Å². The van der Waals surface area contributed by atoms with Crippen LogP contribution in [0.4, 0.5) is 0 Å². The normalized spacial score (nSPS) is 12.0. The SMILES string of the molecule is O/N=C(/C=C/c1ccc(Br)cc1)c1ccc(Cl)cc1. The lowest BCUT2D eigenvalue weighted by Gasteiger charge is -2.00. The number of allylic oxidation sites excluding steroid dienone is 1. The molecule has 0 atom stereocenters. The minimum atomic E-state index is 0.486. The summed E-state index contributed by atoms with van der Waals surface area (Å²) in [5.74, 6) is 0. The first-order valence-corrected chi connectivity index (χ1v) is 6.78. The van der Waals surface area contributed by atoms with E-state index >= 15 is 0 Å². The molecule has 0 spiro atoms. The average Bonchev–Trinajstić information content (AvgIpc) is 2.43. The van der Waals surface area contributed by atoms with Crippen molar-refractivity contribution < 1.29 is 5.21 Å². The Kier molecular flexibility index (Phi) is 4.77. The Balaban J connectivity index is 2.20. The Morgan fingerprint density at radius 2 is 1.68 bits per heavy atom. The Hall–Kier alpha value is -1.58. The van der Waals surface area contributed by atoms with Crippen LogP contribution in [0.2, 0.25) is 5.02 Å². The van der Waals surface area contributed by atoms with Crippen LogP contribution in [0.25, 0.3) is 6.08 Å². The molecule has 19 heavy (non-hydrogen) atoms. The summed E-state index contributed by atoms with van der Waals surface area (Å²) in [5.41, 5.74) is 2.32. The smallest absolute Gasteiger partial charge is 0.109 e. The van der Waals surface area contributed by atoms with Crippen LogP contribution in [-0.2, 0) is 0 Å². The van der Waals surface area contributed by atoms with Crippen LogP contribution in [0.1, 0.15) is 11.1 Å².